The standard InChI is InChI=1S/C16H21N3O/c1-3-12(2)19-15(20)11-17-10-14-7-4-6-13-8-5-9-18-16(13)14/h4-9,12,17H,3,10-11H2,1-2H3,(H,19,20). The maximum Gasteiger partial charge on any atom is 0.234 e. The van der Waals surface area contributed by atoms with Crippen molar-refractivity contribution < 1.29 is 4.79 Å². The molecule has 2 aromatic rings. The monoisotopic (exact) mass is 271 g/mol. The number of nitrogens with zero attached hydrogens (tertiary/aromatic N) is 1. The average molecular weight is 271 g/mol. The molecule has 1 aromatic carbocycles. The number of carbonyl (C=O) groups excluding carboxylic acids is 1. The highest BCUT2D eigenvalue weighted by molar-refractivity contribution is 5.81. The maximum atomic E-state index is 11.7. The fourth-order valence-electron chi connectivity index (χ4n) is 2.05. The molecule has 0 fully saturated rings. The molecule has 20 heavy (non-hydrogen) atoms. The quantitative estimate of drug-likeness (QED) is 0.847. The Labute approximate surface area is 119 Å². The Balaban J connectivity index is 1.92. The van der Waals surface area contributed by atoms with Crippen LogP contribution in [-0.2, 0) is 11.3 Å². The summed E-state index contributed by atoms with van der Waals surface area (Å²) < 4.78 is 0. The van der Waals surface area contributed by atoms with Gasteiger partial charge in [0.25, 0.3) is 0 Å². The summed E-state index contributed by atoms with van der Waals surface area (Å²) >= 11 is 0. The second-order valence-electron chi connectivity index (χ2n) is 4.97. The minimum atomic E-state index is 0.0348. The predicted molar refractivity (Wildman–Crippen MR) is 81.3 cm³/mol. The molecule has 106 valence electrons. The van der Waals surface area contributed by atoms with Crippen LogP contribution in [0.15, 0.2) is 36.5 Å². The van der Waals surface area contributed by atoms with E-state index in [-0.39, 0.29) is 11.9 Å². The third-order valence-electron chi connectivity index (χ3n) is 3.34. The highest BCUT2D eigenvalue weighted by atomic mass is 16.1. The van der Waals surface area contributed by atoms with E-state index in [1.807, 2.05) is 37.3 Å². The third kappa shape index (κ3) is 3.78. The lowest BCUT2D eigenvalue weighted by molar-refractivity contribution is -0.120. The van der Waals surface area contributed by atoms with Gasteiger partial charge >= 0.3 is 0 Å². The molecule has 0 saturated heterocycles. The van der Waals surface area contributed by atoms with Crippen molar-refractivity contribution in [1.82, 2.24) is 15.6 Å². The molecule has 0 radical (unpaired) electrons. The van der Waals surface area contributed by atoms with E-state index in [2.05, 4.69) is 22.5 Å². The van der Waals surface area contributed by atoms with Gasteiger partial charge in [0.1, 0.15) is 0 Å². The van der Waals surface area contributed by atoms with Crippen LogP contribution in [0.1, 0.15) is 25.8 Å². The molecule has 0 aliphatic heterocycles. The van der Waals surface area contributed by atoms with Crippen molar-refractivity contribution in [3.63, 3.8) is 0 Å². The molecule has 0 aliphatic carbocycles. The number of nitrogens with one attached hydrogen (secondary N) is 2. The van der Waals surface area contributed by atoms with E-state index < -0.39 is 0 Å². The Hall–Kier alpha value is -1.94. The first kappa shape index (κ1) is 14.5. The van der Waals surface area contributed by atoms with Crippen molar-refractivity contribution in [1.29, 1.82) is 0 Å². The van der Waals surface area contributed by atoms with Gasteiger partial charge in [0.15, 0.2) is 0 Å². The SMILES string of the molecule is CCC(C)NC(=O)CNCc1cccc2cccnc12. The second kappa shape index (κ2) is 7.01. The number of fused-ring (bicyclic) bond motifs is 1. The average Bonchev–Trinajstić information content (AvgIpc) is 2.47. The molecule has 0 saturated carbocycles. The third-order valence-corrected chi connectivity index (χ3v) is 3.34. The smallest absolute Gasteiger partial charge is 0.234 e. The highest BCUT2D eigenvalue weighted by Gasteiger charge is 2.06. The lowest BCUT2D eigenvalue weighted by Gasteiger charge is -2.12. The van der Waals surface area contributed by atoms with Crippen molar-refractivity contribution >= 4 is 16.8 Å². The Morgan fingerprint density at radius 2 is 2.10 bits per heavy atom. The molecule has 4 heteroatoms. The van der Waals surface area contributed by atoms with Gasteiger partial charge in [-0.25, -0.2) is 0 Å². The summed E-state index contributed by atoms with van der Waals surface area (Å²) in [6, 6.07) is 10.3. The van der Waals surface area contributed by atoms with Crippen LogP contribution in [0.25, 0.3) is 10.9 Å². The largest absolute Gasteiger partial charge is 0.353 e. The maximum absolute atomic E-state index is 11.7. The van der Waals surface area contributed by atoms with Gasteiger partial charge in [0, 0.05) is 24.2 Å². The molecule has 2 N–H and O–H groups in total. The Bertz CT molecular complexity index is 577. The van der Waals surface area contributed by atoms with Gasteiger partial charge in [0.2, 0.25) is 5.91 Å². The molecular weight excluding hydrogens is 250 g/mol. The molecular formula is C16H21N3O. The Morgan fingerprint density at radius 1 is 1.30 bits per heavy atom. The molecule has 1 heterocycles. The van der Waals surface area contributed by atoms with E-state index in [0.29, 0.717) is 13.1 Å². The minimum Gasteiger partial charge on any atom is -0.353 e. The second-order valence-corrected chi connectivity index (χ2v) is 4.97. The number of hydrogen-bond donors (Lipinski definition) is 2. The first-order chi connectivity index (χ1) is 9.70. The molecule has 0 spiro atoms. The molecule has 0 bridgehead atoms. The zero-order valence-electron chi connectivity index (χ0n) is 12.0. The number of amides is 1. The number of rotatable bonds is 6. The fraction of sp³-hybridized carbons (Fsp3) is 0.375. The number of aromatic nitrogens is 1. The number of para-hydroxylation sites is 1. The first-order valence-corrected chi connectivity index (χ1v) is 7.03. The van der Waals surface area contributed by atoms with Gasteiger partial charge in [-0.2, -0.15) is 0 Å². The lowest BCUT2D eigenvalue weighted by Crippen LogP contribution is -2.38. The van der Waals surface area contributed by atoms with Gasteiger partial charge in [-0.1, -0.05) is 31.2 Å². The van der Waals surface area contributed by atoms with Crippen molar-refractivity contribution in [2.45, 2.75) is 32.9 Å². The number of pyridine rings is 1. The van der Waals surface area contributed by atoms with Crippen LogP contribution >= 0.6 is 0 Å². The molecule has 1 amide bonds. The van der Waals surface area contributed by atoms with E-state index in [1.54, 1.807) is 6.20 Å². The zero-order valence-corrected chi connectivity index (χ0v) is 12.0. The van der Waals surface area contributed by atoms with Crippen LogP contribution in [-0.4, -0.2) is 23.5 Å². The number of benzene rings is 1. The predicted octanol–water partition coefficient (Wildman–Crippen LogP) is 2.24. The lowest BCUT2D eigenvalue weighted by atomic mass is 10.1. The van der Waals surface area contributed by atoms with E-state index in [9.17, 15) is 4.79 Å². The van der Waals surface area contributed by atoms with Crippen molar-refractivity contribution in [2.24, 2.45) is 0 Å². The molecule has 2 rings (SSSR count). The summed E-state index contributed by atoms with van der Waals surface area (Å²) in [6.07, 6.45) is 2.74. The first-order valence-electron chi connectivity index (χ1n) is 7.03. The summed E-state index contributed by atoms with van der Waals surface area (Å²) in [5.41, 5.74) is 2.10. The Morgan fingerprint density at radius 3 is 2.90 bits per heavy atom. The summed E-state index contributed by atoms with van der Waals surface area (Å²) in [5.74, 6) is 0.0348. The summed E-state index contributed by atoms with van der Waals surface area (Å²) in [5, 5.41) is 7.23. The zero-order chi connectivity index (χ0) is 14.4. The van der Waals surface area contributed by atoms with Crippen molar-refractivity contribution in [3.8, 4) is 0 Å². The summed E-state index contributed by atoms with van der Waals surface area (Å²) in [6.45, 7) is 5.03. The fourth-order valence-corrected chi connectivity index (χ4v) is 2.05. The van der Waals surface area contributed by atoms with Gasteiger partial charge in [-0.3, -0.25) is 9.78 Å². The highest BCUT2D eigenvalue weighted by Crippen LogP contribution is 2.15. The minimum absolute atomic E-state index is 0.0348. The van der Waals surface area contributed by atoms with Crippen molar-refractivity contribution in [3.05, 3.63) is 42.1 Å². The van der Waals surface area contributed by atoms with Crippen molar-refractivity contribution in [2.75, 3.05) is 6.54 Å². The van der Waals surface area contributed by atoms with Gasteiger partial charge in [-0.05, 0) is 25.0 Å². The van der Waals surface area contributed by atoms with Crippen LogP contribution in [0.3, 0.4) is 0 Å². The molecule has 1 aromatic heterocycles. The summed E-state index contributed by atoms with van der Waals surface area (Å²) in [4.78, 5) is 16.1. The normalized spacial score (nSPS) is 12.3. The summed E-state index contributed by atoms with van der Waals surface area (Å²) in [7, 11) is 0. The van der Waals surface area contributed by atoms with Gasteiger partial charge in [-0.15, -0.1) is 0 Å². The van der Waals surface area contributed by atoms with Gasteiger partial charge in [0.05, 0.1) is 12.1 Å². The van der Waals surface area contributed by atoms with Crippen LogP contribution in [0.4, 0.5) is 0 Å². The molecule has 1 unspecified atom stereocenters. The van der Waals surface area contributed by atoms with Crippen LogP contribution in [0.5, 0.6) is 0 Å². The van der Waals surface area contributed by atoms with Gasteiger partial charge < -0.3 is 10.6 Å². The molecule has 1 atom stereocenters. The van der Waals surface area contributed by atoms with E-state index >= 15 is 0 Å². The van der Waals surface area contributed by atoms with E-state index in [4.69, 9.17) is 0 Å². The Kier molecular flexibility index (Phi) is 5.07. The molecule has 0 aliphatic rings. The topological polar surface area (TPSA) is 54.0 Å². The molecule has 4 nitrogen and oxygen atoms in total. The number of carbonyl (C=O) groups is 1. The van der Waals surface area contributed by atoms with Crippen LogP contribution < -0.4 is 10.6 Å². The number of hydrogen-bond acceptors (Lipinski definition) is 3. The van der Waals surface area contributed by atoms with Crippen LogP contribution in [0, 0.1) is 0 Å². The van der Waals surface area contributed by atoms with E-state index in [1.165, 1.54) is 0 Å². The van der Waals surface area contributed by atoms with Crippen LogP contribution in [0.2, 0.25) is 0 Å². The van der Waals surface area contributed by atoms with E-state index in [0.717, 1.165) is 22.9 Å².